The summed E-state index contributed by atoms with van der Waals surface area (Å²) in [5.74, 6) is -0.798. The molecule has 0 spiro atoms. The molecule has 1 amide bonds. The number of carboxylic acid groups (broad SMARTS) is 1. The highest BCUT2D eigenvalue weighted by molar-refractivity contribution is 8.00. The number of aliphatic carboxylic acids is 1. The van der Waals surface area contributed by atoms with Crippen molar-refractivity contribution in [2.75, 3.05) is 5.75 Å². The first kappa shape index (κ1) is 9.34. The molecule has 0 aromatic heterocycles. The van der Waals surface area contributed by atoms with Crippen molar-refractivity contribution in [2.45, 2.75) is 17.8 Å². The number of rotatable bonds is 3. The second-order valence-electron chi connectivity index (χ2n) is 2.55. The monoisotopic (exact) mass is 190 g/mol. The molecule has 2 atom stereocenters. The minimum atomic E-state index is -0.880. The van der Waals surface area contributed by atoms with Gasteiger partial charge in [0.05, 0.1) is 11.8 Å². The van der Waals surface area contributed by atoms with Crippen LogP contribution < -0.4 is 11.1 Å². The van der Waals surface area contributed by atoms with Gasteiger partial charge in [0.2, 0.25) is 5.91 Å². The van der Waals surface area contributed by atoms with Crippen LogP contribution in [-0.2, 0) is 9.59 Å². The van der Waals surface area contributed by atoms with Crippen LogP contribution in [0, 0.1) is 0 Å². The van der Waals surface area contributed by atoms with Crippen molar-refractivity contribution in [2.24, 2.45) is 5.73 Å². The Morgan fingerprint density at radius 2 is 2.33 bits per heavy atom. The van der Waals surface area contributed by atoms with Crippen LogP contribution in [0.25, 0.3) is 0 Å². The van der Waals surface area contributed by atoms with E-state index in [0.717, 1.165) is 0 Å². The molecule has 4 N–H and O–H groups in total. The maximum absolute atomic E-state index is 10.5. The van der Waals surface area contributed by atoms with E-state index in [2.05, 4.69) is 5.32 Å². The summed E-state index contributed by atoms with van der Waals surface area (Å²) in [5, 5.41) is 11.2. The molecule has 0 aromatic rings. The predicted molar refractivity (Wildman–Crippen MR) is 44.6 cm³/mol. The van der Waals surface area contributed by atoms with Crippen LogP contribution in [0.3, 0.4) is 0 Å². The Labute approximate surface area is 73.7 Å². The third-order valence-electron chi connectivity index (χ3n) is 1.54. The van der Waals surface area contributed by atoms with Crippen LogP contribution in [0.2, 0.25) is 0 Å². The molecule has 0 aromatic carbocycles. The molecule has 0 radical (unpaired) electrons. The zero-order valence-electron chi connectivity index (χ0n) is 6.32. The van der Waals surface area contributed by atoms with Crippen molar-refractivity contribution in [3.05, 3.63) is 0 Å². The largest absolute Gasteiger partial charge is 0.480 e. The number of nitrogens with two attached hydrogens (primary N) is 1. The lowest BCUT2D eigenvalue weighted by Crippen LogP contribution is -2.37. The van der Waals surface area contributed by atoms with Gasteiger partial charge in [-0.1, -0.05) is 0 Å². The van der Waals surface area contributed by atoms with Crippen molar-refractivity contribution >= 4 is 23.6 Å². The highest BCUT2D eigenvalue weighted by Crippen LogP contribution is 2.20. The Balaban J connectivity index is 2.35. The van der Waals surface area contributed by atoms with Gasteiger partial charge in [-0.2, -0.15) is 0 Å². The van der Waals surface area contributed by atoms with Crippen molar-refractivity contribution < 1.29 is 14.7 Å². The summed E-state index contributed by atoms with van der Waals surface area (Å²) in [4.78, 5) is 20.9. The third kappa shape index (κ3) is 2.38. The quantitative estimate of drug-likeness (QED) is 0.529. The van der Waals surface area contributed by atoms with Gasteiger partial charge in [-0.05, 0) is 0 Å². The SMILES string of the molecule is NC(=O)CC1N[C@H](C(=O)O)CS1. The first-order chi connectivity index (χ1) is 5.59. The fourth-order valence-corrected chi connectivity index (χ4v) is 2.18. The highest BCUT2D eigenvalue weighted by Gasteiger charge is 2.29. The summed E-state index contributed by atoms with van der Waals surface area (Å²) in [6.45, 7) is 0. The van der Waals surface area contributed by atoms with E-state index in [1.54, 1.807) is 0 Å². The van der Waals surface area contributed by atoms with Gasteiger partial charge in [0, 0.05) is 5.75 Å². The number of amides is 1. The topological polar surface area (TPSA) is 92.4 Å². The zero-order chi connectivity index (χ0) is 9.14. The number of hydrogen-bond acceptors (Lipinski definition) is 4. The average molecular weight is 190 g/mol. The van der Waals surface area contributed by atoms with Crippen molar-refractivity contribution in [1.29, 1.82) is 0 Å². The van der Waals surface area contributed by atoms with Crippen LogP contribution in [0.4, 0.5) is 0 Å². The molecular weight excluding hydrogens is 180 g/mol. The summed E-state index contributed by atoms with van der Waals surface area (Å²) >= 11 is 1.41. The smallest absolute Gasteiger partial charge is 0.321 e. The molecule has 0 aliphatic carbocycles. The normalized spacial score (nSPS) is 28.7. The lowest BCUT2D eigenvalue weighted by atomic mass is 10.3. The van der Waals surface area contributed by atoms with Gasteiger partial charge < -0.3 is 10.8 Å². The van der Waals surface area contributed by atoms with E-state index in [0.29, 0.717) is 5.75 Å². The van der Waals surface area contributed by atoms with Crippen molar-refractivity contribution in [3.8, 4) is 0 Å². The maximum Gasteiger partial charge on any atom is 0.321 e. The van der Waals surface area contributed by atoms with E-state index in [4.69, 9.17) is 10.8 Å². The second-order valence-corrected chi connectivity index (χ2v) is 3.79. The maximum atomic E-state index is 10.5. The van der Waals surface area contributed by atoms with E-state index >= 15 is 0 Å². The Bertz CT molecular complexity index is 209. The van der Waals surface area contributed by atoms with Gasteiger partial charge in [-0.3, -0.25) is 14.9 Å². The molecule has 12 heavy (non-hydrogen) atoms. The molecule has 1 aliphatic heterocycles. The van der Waals surface area contributed by atoms with E-state index in [1.165, 1.54) is 11.8 Å². The molecule has 1 unspecified atom stereocenters. The summed E-state index contributed by atoms with van der Waals surface area (Å²) in [6, 6.07) is -0.542. The molecule has 68 valence electrons. The van der Waals surface area contributed by atoms with E-state index in [9.17, 15) is 9.59 Å². The van der Waals surface area contributed by atoms with Crippen LogP contribution in [0.5, 0.6) is 0 Å². The Morgan fingerprint density at radius 1 is 1.67 bits per heavy atom. The lowest BCUT2D eigenvalue weighted by molar-refractivity contribution is -0.138. The van der Waals surface area contributed by atoms with Crippen LogP contribution in [-0.4, -0.2) is 34.2 Å². The molecule has 1 heterocycles. The van der Waals surface area contributed by atoms with E-state index in [-0.39, 0.29) is 11.8 Å². The average Bonchev–Trinajstić information content (AvgIpc) is 2.34. The molecule has 1 aliphatic rings. The van der Waals surface area contributed by atoms with Crippen LogP contribution >= 0.6 is 11.8 Å². The minimum absolute atomic E-state index is 0.136. The van der Waals surface area contributed by atoms with Gasteiger partial charge in [0.25, 0.3) is 0 Å². The third-order valence-corrected chi connectivity index (χ3v) is 2.77. The van der Waals surface area contributed by atoms with E-state index in [1.807, 2.05) is 0 Å². The Hall–Kier alpha value is -0.750. The summed E-state index contributed by atoms with van der Waals surface area (Å²) in [5.41, 5.74) is 4.95. The van der Waals surface area contributed by atoms with Crippen LogP contribution in [0.1, 0.15) is 6.42 Å². The van der Waals surface area contributed by atoms with Gasteiger partial charge in [-0.15, -0.1) is 11.8 Å². The van der Waals surface area contributed by atoms with Crippen LogP contribution in [0.15, 0.2) is 0 Å². The number of carbonyl (C=O) groups is 2. The first-order valence-corrected chi connectivity index (χ1v) is 4.53. The molecule has 1 rings (SSSR count). The Kier molecular flexibility index (Phi) is 2.93. The van der Waals surface area contributed by atoms with Gasteiger partial charge >= 0.3 is 5.97 Å². The standard InChI is InChI=1S/C6H10N2O3S/c7-4(9)1-5-8-3(2-12-5)6(10)11/h3,5,8H,1-2H2,(H2,7,9)(H,10,11)/t3-,5?/m0/s1. The molecule has 1 fully saturated rings. The van der Waals surface area contributed by atoms with Gasteiger partial charge in [0.15, 0.2) is 0 Å². The predicted octanol–water partition coefficient (Wildman–Crippen LogP) is -1.02. The molecular formula is C6H10N2O3S. The molecule has 1 saturated heterocycles. The molecule has 5 nitrogen and oxygen atoms in total. The number of nitrogens with one attached hydrogen (secondary N) is 1. The number of thioether (sulfide) groups is 1. The second kappa shape index (κ2) is 3.77. The van der Waals surface area contributed by atoms with Crippen molar-refractivity contribution in [1.82, 2.24) is 5.32 Å². The fourth-order valence-electron chi connectivity index (χ4n) is 0.976. The first-order valence-electron chi connectivity index (χ1n) is 3.48. The highest BCUT2D eigenvalue weighted by atomic mass is 32.2. The van der Waals surface area contributed by atoms with Gasteiger partial charge in [0.1, 0.15) is 6.04 Å². The number of hydrogen-bond donors (Lipinski definition) is 3. The minimum Gasteiger partial charge on any atom is -0.480 e. The Morgan fingerprint density at radius 3 is 2.75 bits per heavy atom. The zero-order valence-corrected chi connectivity index (χ0v) is 7.13. The molecule has 0 bridgehead atoms. The number of carboxylic acids is 1. The lowest BCUT2D eigenvalue weighted by Gasteiger charge is -2.07. The summed E-state index contributed by atoms with van der Waals surface area (Å²) in [7, 11) is 0. The summed E-state index contributed by atoms with van der Waals surface area (Å²) in [6.07, 6.45) is 0.189. The summed E-state index contributed by atoms with van der Waals surface area (Å²) < 4.78 is 0. The number of carbonyl (C=O) groups excluding carboxylic acids is 1. The van der Waals surface area contributed by atoms with Crippen molar-refractivity contribution in [3.63, 3.8) is 0 Å². The van der Waals surface area contributed by atoms with E-state index < -0.39 is 17.9 Å². The van der Waals surface area contributed by atoms with Gasteiger partial charge in [-0.25, -0.2) is 0 Å². The molecule has 0 saturated carbocycles. The number of primary amides is 1. The fraction of sp³-hybridized carbons (Fsp3) is 0.667. The molecule has 6 heteroatoms.